The van der Waals surface area contributed by atoms with Gasteiger partial charge in [0.1, 0.15) is 0 Å². The summed E-state index contributed by atoms with van der Waals surface area (Å²) in [6.07, 6.45) is 0.621. The Morgan fingerprint density at radius 2 is 2.27 bits per heavy atom. The number of halogens is 2. The second kappa shape index (κ2) is 6.20. The van der Waals surface area contributed by atoms with Crippen LogP contribution in [0, 0.1) is 0 Å². The third-order valence-corrected chi connectivity index (χ3v) is 4.95. The number of thioether (sulfide) groups is 1. The molecule has 0 N–H and O–H groups in total. The lowest BCUT2D eigenvalue weighted by atomic mass is 10.2. The van der Waals surface area contributed by atoms with Gasteiger partial charge in [-0.25, -0.2) is 8.78 Å². The Morgan fingerprint density at radius 1 is 1.45 bits per heavy atom. The van der Waals surface area contributed by atoms with Crippen molar-refractivity contribution in [1.82, 2.24) is 19.5 Å². The lowest BCUT2D eigenvalue weighted by Gasteiger charge is -2.23. The van der Waals surface area contributed by atoms with Crippen LogP contribution >= 0.6 is 11.8 Å². The Labute approximate surface area is 130 Å². The van der Waals surface area contributed by atoms with Gasteiger partial charge in [0.25, 0.3) is 12.3 Å². The smallest absolute Gasteiger partial charge is 0.297 e. The second-order valence-electron chi connectivity index (χ2n) is 5.12. The van der Waals surface area contributed by atoms with Crippen molar-refractivity contribution in [2.45, 2.75) is 31.6 Å². The van der Waals surface area contributed by atoms with E-state index in [1.54, 1.807) is 23.9 Å². The van der Waals surface area contributed by atoms with Gasteiger partial charge in [-0.3, -0.25) is 9.20 Å². The second-order valence-corrected chi connectivity index (χ2v) is 6.40. The molecule has 1 aliphatic heterocycles. The molecule has 1 amide bonds. The summed E-state index contributed by atoms with van der Waals surface area (Å²) in [5.41, 5.74) is 0.700. The summed E-state index contributed by atoms with van der Waals surface area (Å²) in [5.74, 6) is 0.345. The SMILES string of the molecule is CCCC1SCCN1C(=O)c1ccc2nnc(C(F)F)n2c1. The number of hydrogen-bond acceptors (Lipinski definition) is 4. The molecule has 3 heterocycles. The molecule has 22 heavy (non-hydrogen) atoms. The Kier molecular flexibility index (Phi) is 4.28. The van der Waals surface area contributed by atoms with Gasteiger partial charge < -0.3 is 4.90 Å². The summed E-state index contributed by atoms with van der Waals surface area (Å²) >= 11 is 1.76. The van der Waals surface area contributed by atoms with Crippen molar-refractivity contribution in [3.63, 3.8) is 0 Å². The minimum Gasteiger partial charge on any atom is -0.326 e. The number of rotatable bonds is 4. The first-order valence-corrected chi connectivity index (χ1v) is 8.22. The summed E-state index contributed by atoms with van der Waals surface area (Å²) in [7, 11) is 0. The fourth-order valence-electron chi connectivity index (χ4n) is 2.59. The van der Waals surface area contributed by atoms with Crippen LogP contribution in [-0.4, -0.2) is 43.1 Å². The lowest BCUT2D eigenvalue weighted by molar-refractivity contribution is 0.0755. The van der Waals surface area contributed by atoms with Crippen molar-refractivity contribution in [2.24, 2.45) is 0 Å². The number of alkyl halides is 2. The fraction of sp³-hybridized carbons (Fsp3) is 0.500. The van der Waals surface area contributed by atoms with Crippen LogP contribution in [0.3, 0.4) is 0 Å². The highest BCUT2D eigenvalue weighted by Gasteiger charge is 2.29. The molecule has 3 rings (SSSR count). The standard InChI is InChI=1S/C14H16F2N4OS/c1-2-3-11-19(6-7-22-11)14(21)9-4-5-10-17-18-13(12(15)16)20(10)8-9/h4-5,8,11-12H,2-3,6-7H2,1H3. The number of pyridine rings is 1. The third kappa shape index (κ3) is 2.67. The minimum absolute atomic E-state index is 0.126. The minimum atomic E-state index is -2.73. The highest BCUT2D eigenvalue weighted by Crippen LogP contribution is 2.29. The average molecular weight is 326 g/mol. The number of aromatic nitrogens is 3. The van der Waals surface area contributed by atoms with Crippen molar-refractivity contribution in [3.8, 4) is 0 Å². The molecule has 0 radical (unpaired) electrons. The molecule has 0 spiro atoms. The number of carbonyl (C=O) groups excluding carboxylic acids is 1. The first kappa shape index (κ1) is 15.2. The summed E-state index contributed by atoms with van der Waals surface area (Å²) in [4.78, 5) is 14.5. The maximum absolute atomic E-state index is 12.9. The zero-order valence-electron chi connectivity index (χ0n) is 12.1. The topological polar surface area (TPSA) is 50.5 Å². The largest absolute Gasteiger partial charge is 0.326 e. The molecule has 2 aromatic rings. The maximum atomic E-state index is 12.9. The first-order chi connectivity index (χ1) is 10.6. The molecule has 2 aromatic heterocycles. The van der Waals surface area contributed by atoms with Gasteiger partial charge in [-0.2, -0.15) is 0 Å². The van der Waals surface area contributed by atoms with Gasteiger partial charge in [-0.15, -0.1) is 22.0 Å². The van der Waals surface area contributed by atoms with E-state index < -0.39 is 12.2 Å². The van der Waals surface area contributed by atoms with E-state index in [1.807, 2.05) is 4.90 Å². The molecule has 5 nitrogen and oxygen atoms in total. The third-order valence-electron chi connectivity index (χ3n) is 3.66. The van der Waals surface area contributed by atoms with E-state index in [4.69, 9.17) is 0 Å². The Bertz CT molecular complexity index is 691. The number of fused-ring (bicyclic) bond motifs is 1. The van der Waals surface area contributed by atoms with E-state index in [2.05, 4.69) is 17.1 Å². The van der Waals surface area contributed by atoms with Gasteiger partial charge in [0.15, 0.2) is 5.65 Å². The van der Waals surface area contributed by atoms with Crippen molar-refractivity contribution in [1.29, 1.82) is 0 Å². The van der Waals surface area contributed by atoms with Crippen LogP contribution in [-0.2, 0) is 0 Å². The summed E-state index contributed by atoms with van der Waals surface area (Å²) in [5, 5.41) is 7.33. The molecule has 1 saturated heterocycles. The molecule has 1 aliphatic rings. The van der Waals surface area contributed by atoms with Gasteiger partial charge in [-0.05, 0) is 18.6 Å². The zero-order chi connectivity index (χ0) is 15.7. The van der Waals surface area contributed by atoms with Crippen LogP contribution in [0.2, 0.25) is 0 Å². The van der Waals surface area contributed by atoms with E-state index in [-0.39, 0.29) is 11.3 Å². The number of amides is 1. The van der Waals surface area contributed by atoms with Crippen LogP contribution in [0.15, 0.2) is 18.3 Å². The summed E-state index contributed by atoms with van der Waals surface area (Å²) < 4.78 is 27.0. The molecule has 0 saturated carbocycles. The van der Waals surface area contributed by atoms with Crippen LogP contribution in [0.5, 0.6) is 0 Å². The van der Waals surface area contributed by atoms with Crippen LogP contribution in [0.25, 0.3) is 5.65 Å². The molecule has 0 bridgehead atoms. The monoisotopic (exact) mass is 326 g/mol. The number of nitrogens with zero attached hydrogens (tertiary/aromatic N) is 4. The molecule has 8 heteroatoms. The predicted octanol–water partition coefficient (Wildman–Crippen LogP) is 2.98. The molecular weight excluding hydrogens is 310 g/mol. The Morgan fingerprint density at radius 3 is 3.00 bits per heavy atom. The van der Waals surface area contributed by atoms with E-state index >= 15 is 0 Å². The Balaban J connectivity index is 1.92. The molecule has 1 unspecified atom stereocenters. The van der Waals surface area contributed by atoms with E-state index in [0.29, 0.717) is 17.8 Å². The average Bonchev–Trinajstić information content (AvgIpc) is 3.12. The van der Waals surface area contributed by atoms with Crippen LogP contribution < -0.4 is 0 Å². The highest BCUT2D eigenvalue weighted by atomic mass is 32.2. The predicted molar refractivity (Wildman–Crippen MR) is 80.1 cm³/mol. The quantitative estimate of drug-likeness (QED) is 0.867. The molecule has 118 valence electrons. The maximum Gasteiger partial charge on any atom is 0.297 e. The molecule has 1 atom stereocenters. The van der Waals surface area contributed by atoms with Gasteiger partial charge in [-0.1, -0.05) is 13.3 Å². The van der Waals surface area contributed by atoms with Crippen molar-refractivity contribution in [3.05, 3.63) is 29.7 Å². The summed E-state index contributed by atoms with van der Waals surface area (Å²) in [6, 6.07) is 3.16. The van der Waals surface area contributed by atoms with Gasteiger partial charge in [0.2, 0.25) is 5.82 Å². The van der Waals surface area contributed by atoms with Gasteiger partial charge in [0.05, 0.1) is 10.9 Å². The number of hydrogen-bond donors (Lipinski definition) is 0. The van der Waals surface area contributed by atoms with Crippen molar-refractivity contribution < 1.29 is 13.6 Å². The highest BCUT2D eigenvalue weighted by molar-refractivity contribution is 8.00. The lowest BCUT2D eigenvalue weighted by Crippen LogP contribution is -2.34. The van der Waals surface area contributed by atoms with E-state index in [0.717, 1.165) is 18.6 Å². The molecular formula is C14H16F2N4OS. The van der Waals surface area contributed by atoms with E-state index in [9.17, 15) is 13.6 Å². The zero-order valence-corrected chi connectivity index (χ0v) is 12.9. The fourth-order valence-corrected chi connectivity index (χ4v) is 3.95. The Hall–Kier alpha value is -1.70. The van der Waals surface area contributed by atoms with Crippen molar-refractivity contribution >= 4 is 23.3 Å². The van der Waals surface area contributed by atoms with Crippen molar-refractivity contribution in [2.75, 3.05) is 12.3 Å². The molecule has 0 aromatic carbocycles. The first-order valence-electron chi connectivity index (χ1n) is 7.17. The van der Waals surface area contributed by atoms with Gasteiger partial charge in [0, 0.05) is 18.5 Å². The van der Waals surface area contributed by atoms with Crippen LogP contribution in [0.1, 0.15) is 42.4 Å². The van der Waals surface area contributed by atoms with Gasteiger partial charge >= 0.3 is 0 Å². The number of carbonyl (C=O) groups is 1. The van der Waals surface area contributed by atoms with Crippen LogP contribution in [0.4, 0.5) is 8.78 Å². The molecule has 0 aliphatic carbocycles. The van der Waals surface area contributed by atoms with E-state index in [1.165, 1.54) is 10.6 Å². The summed E-state index contributed by atoms with van der Waals surface area (Å²) in [6.45, 7) is 2.77. The normalized spacial score (nSPS) is 18.5. The molecule has 1 fully saturated rings.